The molecule has 0 unspecified atom stereocenters. The Kier molecular flexibility index (Phi) is 4.58. The fraction of sp³-hybridized carbons (Fsp3) is 0.600. The minimum absolute atomic E-state index is 0.663. The average Bonchev–Trinajstić information content (AvgIpc) is 2.34. The SMILES string of the molecule is Cc1cc(N)c(Cl)cc1N1CCC(CN(C)C)CC1. The van der Waals surface area contributed by atoms with Gasteiger partial charge in [-0.05, 0) is 57.5 Å². The summed E-state index contributed by atoms with van der Waals surface area (Å²) < 4.78 is 0. The number of hydrogen-bond acceptors (Lipinski definition) is 3. The Morgan fingerprint density at radius 2 is 1.95 bits per heavy atom. The molecule has 1 aromatic carbocycles. The van der Waals surface area contributed by atoms with E-state index in [2.05, 4.69) is 30.8 Å². The van der Waals surface area contributed by atoms with E-state index in [0.29, 0.717) is 10.7 Å². The number of nitrogen functional groups attached to an aromatic ring is 1. The fourth-order valence-corrected chi connectivity index (χ4v) is 3.06. The van der Waals surface area contributed by atoms with Crippen LogP contribution in [0.2, 0.25) is 5.02 Å². The van der Waals surface area contributed by atoms with E-state index in [9.17, 15) is 0 Å². The standard InChI is InChI=1S/C15H24ClN3/c1-11-8-14(17)13(16)9-15(11)19-6-4-12(5-7-19)10-18(2)3/h8-9,12H,4-7,10,17H2,1-3H3. The largest absolute Gasteiger partial charge is 0.398 e. The van der Waals surface area contributed by atoms with Crippen LogP contribution in [0.5, 0.6) is 0 Å². The summed E-state index contributed by atoms with van der Waals surface area (Å²) in [5.41, 5.74) is 8.97. The zero-order valence-electron chi connectivity index (χ0n) is 12.1. The van der Waals surface area contributed by atoms with Gasteiger partial charge in [-0.2, -0.15) is 0 Å². The van der Waals surface area contributed by atoms with Crippen molar-refractivity contribution >= 4 is 23.0 Å². The maximum Gasteiger partial charge on any atom is 0.0656 e. The molecule has 3 nitrogen and oxygen atoms in total. The van der Waals surface area contributed by atoms with Crippen molar-refractivity contribution < 1.29 is 0 Å². The molecule has 0 atom stereocenters. The smallest absolute Gasteiger partial charge is 0.0656 e. The molecule has 19 heavy (non-hydrogen) atoms. The number of aryl methyl sites for hydroxylation is 1. The summed E-state index contributed by atoms with van der Waals surface area (Å²) in [6.07, 6.45) is 2.50. The predicted molar refractivity (Wildman–Crippen MR) is 84.1 cm³/mol. The van der Waals surface area contributed by atoms with Gasteiger partial charge in [-0.3, -0.25) is 0 Å². The average molecular weight is 282 g/mol. The minimum Gasteiger partial charge on any atom is -0.398 e. The van der Waals surface area contributed by atoms with Gasteiger partial charge in [0, 0.05) is 25.3 Å². The summed E-state index contributed by atoms with van der Waals surface area (Å²) in [6.45, 7) is 5.52. The zero-order chi connectivity index (χ0) is 14.0. The molecule has 0 aromatic heterocycles. The molecule has 1 aliphatic rings. The van der Waals surface area contributed by atoms with Gasteiger partial charge < -0.3 is 15.5 Å². The third-order valence-electron chi connectivity index (χ3n) is 3.89. The molecule has 0 bridgehead atoms. The van der Waals surface area contributed by atoms with Gasteiger partial charge >= 0.3 is 0 Å². The molecular formula is C15H24ClN3. The van der Waals surface area contributed by atoms with E-state index < -0.39 is 0 Å². The molecule has 1 heterocycles. The Morgan fingerprint density at radius 3 is 2.53 bits per heavy atom. The number of anilines is 2. The number of nitrogens with zero attached hydrogens (tertiary/aromatic N) is 2. The highest BCUT2D eigenvalue weighted by Gasteiger charge is 2.21. The highest BCUT2D eigenvalue weighted by atomic mass is 35.5. The maximum atomic E-state index is 6.14. The number of halogens is 1. The number of hydrogen-bond donors (Lipinski definition) is 1. The number of nitrogens with two attached hydrogens (primary N) is 1. The second-order valence-corrected chi connectivity index (χ2v) is 6.26. The van der Waals surface area contributed by atoms with E-state index in [1.54, 1.807) is 0 Å². The van der Waals surface area contributed by atoms with Crippen molar-refractivity contribution in [2.45, 2.75) is 19.8 Å². The summed E-state index contributed by atoms with van der Waals surface area (Å²) in [5, 5.41) is 0.663. The van der Waals surface area contributed by atoms with Gasteiger partial charge in [-0.15, -0.1) is 0 Å². The third-order valence-corrected chi connectivity index (χ3v) is 4.22. The van der Waals surface area contributed by atoms with Crippen molar-refractivity contribution in [2.75, 3.05) is 44.4 Å². The Balaban J connectivity index is 2.03. The molecule has 1 aromatic rings. The summed E-state index contributed by atoms with van der Waals surface area (Å²) >= 11 is 6.14. The van der Waals surface area contributed by atoms with Crippen LogP contribution >= 0.6 is 11.6 Å². The van der Waals surface area contributed by atoms with Crippen molar-refractivity contribution in [3.8, 4) is 0 Å². The molecule has 2 rings (SSSR count). The summed E-state index contributed by atoms with van der Waals surface area (Å²) in [6, 6.07) is 3.99. The van der Waals surface area contributed by atoms with Crippen LogP contribution in [0.4, 0.5) is 11.4 Å². The summed E-state index contributed by atoms with van der Waals surface area (Å²) in [5.74, 6) is 0.816. The van der Waals surface area contributed by atoms with Crippen molar-refractivity contribution in [3.05, 3.63) is 22.7 Å². The van der Waals surface area contributed by atoms with Crippen LogP contribution in [-0.4, -0.2) is 38.6 Å². The van der Waals surface area contributed by atoms with Crippen molar-refractivity contribution in [2.24, 2.45) is 5.92 Å². The molecule has 0 radical (unpaired) electrons. The molecule has 1 aliphatic heterocycles. The third kappa shape index (κ3) is 3.54. The Hall–Kier alpha value is -0.930. The van der Waals surface area contributed by atoms with Crippen LogP contribution in [0, 0.1) is 12.8 Å². The first kappa shape index (κ1) is 14.5. The molecule has 1 fully saturated rings. The lowest BCUT2D eigenvalue weighted by molar-refractivity contribution is 0.285. The van der Waals surface area contributed by atoms with Gasteiger partial charge in [0.25, 0.3) is 0 Å². The quantitative estimate of drug-likeness (QED) is 0.865. The zero-order valence-corrected chi connectivity index (χ0v) is 12.9. The van der Waals surface area contributed by atoms with Crippen molar-refractivity contribution in [1.82, 2.24) is 4.90 Å². The number of piperidine rings is 1. The maximum absolute atomic E-state index is 6.14. The van der Waals surface area contributed by atoms with Crippen LogP contribution in [0.15, 0.2) is 12.1 Å². The summed E-state index contributed by atoms with van der Waals surface area (Å²) in [7, 11) is 4.30. The van der Waals surface area contributed by atoms with Crippen molar-refractivity contribution in [1.29, 1.82) is 0 Å². The van der Waals surface area contributed by atoms with Crippen LogP contribution < -0.4 is 10.6 Å². The lowest BCUT2D eigenvalue weighted by atomic mass is 9.95. The topological polar surface area (TPSA) is 32.5 Å². The van der Waals surface area contributed by atoms with Crippen LogP contribution in [0.3, 0.4) is 0 Å². The first-order valence-corrected chi connectivity index (χ1v) is 7.30. The Labute approximate surface area is 121 Å². The first-order chi connectivity index (χ1) is 8.97. The lowest BCUT2D eigenvalue weighted by Gasteiger charge is -2.35. The normalized spacial score (nSPS) is 17.2. The molecule has 1 saturated heterocycles. The van der Waals surface area contributed by atoms with Gasteiger partial charge in [-0.25, -0.2) is 0 Å². The lowest BCUT2D eigenvalue weighted by Crippen LogP contribution is -2.37. The minimum atomic E-state index is 0.663. The molecule has 0 aliphatic carbocycles. The van der Waals surface area contributed by atoms with E-state index in [4.69, 9.17) is 17.3 Å². The van der Waals surface area contributed by atoms with Gasteiger partial charge in [0.05, 0.1) is 10.7 Å². The van der Waals surface area contributed by atoms with E-state index in [-0.39, 0.29) is 0 Å². The van der Waals surface area contributed by atoms with Crippen LogP contribution in [0.25, 0.3) is 0 Å². The Bertz CT molecular complexity index is 437. The molecular weight excluding hydrogens is 258 g/mol. The van der Waals surface area contributed by atoms with Crippen LogP contribution in [-0.2, 0) is 0 Å². The van der Waals surface area contributed by atoms with E-state index >= 15 is 0 Å². The van der Waals surface area contributed by atoms with Gasteiger partial charge in [0.1, 0.15) is 0 Å². The molecule has 106 valence electrons. The van der Waals surface area contributed by atoms with E-state index in [0.717, 1.165) is 19.0 Å². The highest BCUT2D eigenvalue weighted by molar-refractivity contribution is 6.33. The second kappa shape index (κ2) is 6.02. The highest BCUT2D eigenvalue weighted by Crippen LogP contribution is 2.32. The number of benzene rings is 1. The first-order valence-electron chi connectivity index (χ1n) is 6.92. The van der Waals surface area contributed by atoms with Gasteiger partial charge in [0.2, 0.25) is 0 Å². The van der Waals surface area contributed by atoms with E-state index in [1.807, 2.05) is 12.1 Å². The molecule has 0 amide bonds. The molecule has 0 spiro atoms. The molecule has 2 N–H and O–H groups in total. The van der Waals surface area contributed by atoms with Gasteiger partial charge in [0.15, 0.2) is 0 Å². The second-order valence-electron chi connectivity index (χ2n) is 5.85. The monoisotopic (exact) mass is 281 g/mol. The van der Waals surface area contributed by atoms with Crippen molar-refractivity contribution in [3.63, 3.8) is 0 Å². The summed E-state index contributed by atoms with van der Waals surface area (Å²) in [4.78, 5) is 4.72. The van der Waals surface area contributed by atoms with E-state index in [1.165, 1.54) is 30.6 Å². The van der Waals surface area contributed by atoms with Gasteiger partial charge in [-0.1, -0.05) is 11.6 Å². The Morgan fingerprint density at radius 1 is 1.32 bits per heavy atom. The molecule has 0 saturated carbocycles. The van der Waals surface area contributed by atoms with Crippen LogP contribution in [0.1, 0.15) is 18.4 Å². The fourth-order valence-electron chi connectivity index (χ4n) is 2.91. The molecule has 4 heteroatoms. The number of rotatable bonds is 3. The predicted octanol–water partition coefficient (Wildman–Crippen LogP) is 3.01.